The Hall–Kier alpha value is -1.68. The maximum atomic E-state index is 11.9. The summed E-state index contributed by atoms with van der Waals surface area (Å²) in [7, 11) is 1.55. The van der Waals surface area contributed by atoms with Gasteiger partial charge in [-0.3, -0.25) is 4.57 Å². The molecule has 1 heterocycles. The van der Waals surface area contributed by atoms with Gasteiger partial charge in [-0.15, -0.1) is 0 Å². The topological polar surface area (TPSA) is 40.5 Å². The van der Waals surface area contributed by atoms with Crippen molar-refractivity contribution < 1.29 is 14.3 Å². The summed E-state index contributed by atoms with van der Waals surface area (Å²) in [5.74, 6) is 0.583. The van der Waals surface area contributed by atoms with Crippen LogP contribution in [0.4, 0.5) is 4.79 Å². The number of ether oxygens (including phenoxy) is 2. The Morgan fingerprint density at radius 3 is 2.67 bits per heavy atom. The predicted molar refractivity (Wildman–Crippen MR) is 70.5 cm³/mol. The number of carbonyl (C=O) groups is 1. The van der Waals surface area contributed by atoms with Crippen molar-refractivity contribution in [1.29, 1.82) is 0 Å². The number of hydrogen-bond acceptors (Lipinski definition) is 3. The normalized spacial score (nSPS) is 10.9. The van der Waals surface area contributed by atoms with E-state index in [-0.39, 0.29) is 6.10 Å². The Morgan fingerprint density at radius 1 is 1.33 bits per heavy atom. The lowest BCUT2D eigenvalue weighted by Crippen LogP contribution is -2.16. The SMILES string of the molecule is COc1ccc2c(ccn2C(=O)OC(C)C)c1Cl. The van der Waals surface area contributed by atoms with E-state index < -0.39 is 6.09 Å². The zero-order chi connectivity index (χ0) is 13.3. The van der Waals surface area contributed by atoms with Gasteiger partial charge in [0.1, 0.15) is 5.75 Å². The van der Waals surface area contributed by atoms with Crippen molar-refractivity contribution in [1.82, 2.24) is 4.57 Å². The van der Waals surface area contributed by atoms with E-state index in [9.17, 15) is 4.79 Å². The molecule has 5 heteroatoms. The average molecular weight is 268 g/mol. The molecule has 1 aromatic carbocycles. The molecule has 0 atom stereocenters. The van der Waals surface area contributed by atoms with Crippen LogP contribution in [0, 0.1) is 0 Å². The number of benzene rings is 1. The van der Waals surface area contributed by atoms with Crippen LogP contribution in [0.1, 0.15) is 13.8 Å². The van der Waals surface area contributed by atoms with Crippen molar-refractivity contribution in [2.45, 2.75) is 20.0 Å². The summed E-state index contributed by atoms with van der Waals surface area (Å²) < 4.78 is 11.7. The molecule has 2 aromatic rings. The van der Waals surface area contributed by atoms with Gasteiger partial charge >= 0.3 is 6.09 Å². The monoisotopic (exact) mass is 267 g/mol. The summed E-state index contributed by atoms with van der Waals surface area (Å²) in [6, 6.07) is 5.27. The molecule has 1 aromatic heterocycles. The maximum absolute atomic E-state index is 11.9. The second kappa shape index (κ2) is 4.90. The van der Waals surface area contributed by atoms with Gasteiger partial charge in [-0.05, 0) is 32.0 Å². The molecule has 2 rings (SSSR count). The van der Waals surface area contributed by atoms with E-state index in [0.717, 1.165) is 5.39 Å². The number of aromatic nitrogens is 1. The molecule has 0 saturated heterocycles. The third-order valence-corrected chi connectivity index (χ3v) is 2.91. The number of nitrogens with zero attached hydrogens (tertiary/aromatic N) is 1. The van der Waals surface area contributed by atoms with E-state index in [1.54, 1.807) is 45.4 Å². The summed E-state index contributed by atoms with van der Waals surface area (Å²) in [5.41, 5.74) is 0.700. The van der Waals surface area contributed by atoms with Gasteiger partial charge in [0.05, 0.1) is 23.8 Å². The molecule has 0 fully saturated rings. The molecule has 96 valence electrons. The zero-order valence-electron chi connectivity index (χ0n) is 10.4. The van der Waals surface area contributed by atoms with E-state index >= 15 is 0 Å². The van der Waals surface area contributed by atoms with Crippen molar-refractivity contribution in [3.8, 4) is 5.75 Å². The summed E-state index contributed by atoms with van der Waals surface area (Å²) in [4.78, 5) is 11.9. The molecule has 0 aliphatic heterocycles. The molecular weight excluding hydrogens is 254 g/mol. The van der Waals surface area contributed by atoms with Crippen molar-refractivity contribution >= 4 is 28.6 Å². The summed E-state index contributed by atoms with van der Waals surface area (Å²) in [5, 5.41) is 1.25. The molecule has 0 N–H and O–H groups in total. The van der Waals surface area contributed by atoms with Crippen LogP contribution in [0.2, 0.25) is 5.02 Å². The lowest BCUT2D eigenvalue weighted by Gasteiger charge is -2.10. The number of hydrogen-bond donors (Lipinski definition) is 0. The highest BCUT2D eigenvalue weighted by molar-refractivity contribution is 6.37. The lowest BCUT2D eigenvalue weighted by atomic mass is 10.2. The number of rotatable bonds is 2. The third kappa shape index (κ3) is 2.16. The van der Waals surface area contributed by atoms with Crippen molar-refractivity contribution in [3.05, 3.63) is 29.4 Å². The van der Waals surface area contributed by atoms with Crippen LogP contribution in [-0.2, 0) is 4.74 Å². The summed E-state index contributed by atoms with van der Waals surface area (Å²) >= 11 is 6.18. The second-order valence-corrected chi connectivity index (χ2v) is 4.51. The van der Waals surface area contributed by atoms with Crippen LogP contribution in [-0.4, -0.2) is 23.9 Å². The second-order valence-electron chi connectivity index (χ2n) is 4.13. The molecule has 0 radical (unpaired) electrons. The number of carbonyl (C=O) groups excluding carboxylic acids is 1. The lowest BCUT2D eigenvalue weighted by molar-refractivity contribution is 0.118. The Morgan fingerprint density at radius 2 is 2.06 bits per heavy atom. The fourth-order valence-electron chi connectivity index (χ4n) is 1.74. The Bertz CT molecular complexity index is 589. The quantitative estimate of drug-likeness (QED) is 0.833. The highest BCUT2D eigenvalue weighted by atomic mass is 35.5. The van der Waals surface area contributed by atoms with Crippen LogP contribution < -0.4 is 4.74 Å². The van der Waals surface area contributed by atoms with Crippen LogP contribution >= 0.6 is 11.6 Å². The highest BCUT2D eigenvalue weighted by Gasteiger charge is 2.15. The van der Waals surface area contributed by atoms with Gasteiger partial charge in [0.15, 0.2) is 0 Å². The van der Waals surface area contributed by atoms with Crippen LogP contribution in [0.25, 0.3) is 10.9 Å². The van der Waals surface area contributed by atoms with Gasteiger partial charge in [-0.2, -0.15) is 0 Å². The maximum Gasteiger partial charge on any atom is 0.418 e. The zero-order valence-corrected chi connectivity index (χ0v) is 11.2. The van der Waals surface area contributed by atoms with E-state index in [1.807, 2.05) is 0 Å². The molecule has 0 unspecified atom stereocenters. The largest absolute Gasteiger partial charge is 0.495 e. The Balaban J connectivity index is 2.49. The highest BCUT2D eigenvalue weighted by Crippen LogP contribution is 2.33. The first-order chi connectivity index (χ1) is 8.54. The van der Waals surface area contributed by atoms with Crippen LogP contribution in [0.15, 0.2) is 24.4 Å². The molecule has 4 nitrogen and oxygen atoms in total. The van der Waals surface area contributed by atoms with Crippen LogP contribution in [0.5, 0.6) is 5.75 Å². The molecule has 0 bridgehead atoms. The first-order valence-electron chi connectivity index (χ1n) is 5.59. The fourth-order valence-corrected chi connectivity index (χ4v) is 2.04. The minimum Gasteiger partial charge on any atom is -0.495 e. The smallest absolute Gasteiger partial charge is 0.418 e. The van der Waals surface area contributed by atoms with Gasteiger partial charge in [-0.25, -0.2) is 4.79 Å². The molecular formula is C13H14ClNO3. The van der Waals surface area contributed by atoms with Crippen LogP contribution in [0.3, 0.4) is 0 Å². The van der Waals surface area contributed by atoms with Gasteiger partial charge < -0.3 is 9.47 Å². The molecule has 18 heavy (non-hydrogen) atoms. The first kappa shape index (κ1) is 12.8. The van der Waals surface area contributed by atoms with Gasteiger partial charge in [0, 0.05) is 11.6 Å². The summed E-state index contributed by atoms with van der Waals surface area (Å²) in [6.45, 7) is 3.61. The van der Waals surface area contributed by atoms with E-state index in [2.05, 4.69) is 0 Å². The standard InChI is InChI=1S/C13H14ClNO3/c1-8(2)18-13(16)15-7-6-9-10(15)4-5-11(17-3)12(9)14/h4-8H,1-3H3. The third-order valence-electron chi connectivity index (χ3n) is 2.52. The number of halogens is 1. The first-order valence-corrected chi connectivity index (χ1v) is 5.97. The van der Waals surface area contributed by atoms with Gasteiger partial charge in [0.25, 0.3) is 0 Å². The number of methoxy groups -OCH3 is 1. The molecule has 0 amide bonds. The fraction of sp³-hybridized carbons (Fsp3) is 0.308. The van der Waals surface area contributed by atoms with E-state index in [4.69, 9.17) is 21.1 Å². The Labute approximate surface area is 110 Å². The Kier molecular flexibility index (Phi) is 3.48. The van der Waals surface area contributed by atoms with Crippen molar-refractivity contribution in [2.75, 3.05) is 7.11 Å². The molecule has 0 aliphatic rings. The number of fused-ring (bicyclic) bond motifs is 1. The van der Waals surface area contributed by atoms with Crippen molar-refractivity contribution in [2.24, 2.45) is 0 Å². The van der Waals surface area contributed by atoms with E-state index in [0.29, 0.717) is 16.3 Å². The molecule has 0 saturated carbocycles. The van der Waals surface area contributed by atoms with Gasteiger partial charge in [0.2, 0.25) is 0 Å². The average Bonchev–Trinajstić information content (AvgIpc) is 2.73. The summed E-state index contributed by atoms with van der Waals surface area (Å²) in [6.07, 6.45) is 1.06. The van der Waals surface area contributed by atoms with E-state index in [1.165, 1.54) is 4.57 Å². The molecule has 0 aliphatic carbocycles. The minimum atomic E-state index is -0.416. The predicted octanol–water partition coefficient (Wildman–Crippen LogP) is 3.70. The minimum absolute atomic E-state index is 0.163. The van der Waals surface area contributed by atoms with Crippen molar-refractivity contribution in [3.63, 3.8) is 0 Å². The van der Waals surface area contributed by atoms with Gasteiger partial charge in [-0.1, -0.05) is 11.6 Å². The molecule has 0 spiro atoms.